The number of amides is 2. The van der Waals surface area contributed by atoms with Gasteiger partial charge in [-0.1, -0.05) is 12.1 Å². The van der Waals surface area contributed by atoms with Crippen LogP contribution in [0, 0.1) is 17.2 Å². The molecule has 0 aliphatic heterocycles. The molecule has 204 valence electrons. The zero-order valence-electron chi connectivity index (χ0n) is 23.7. The van der Waals surface area contributed by atoms with Crippen LogP contribution in [0.1, 0.15) is 64.5 Å². The molecule has 0 radical (unpaired) electrons. The Balaban J connectivity index is 1.53. The van der Waals surface area contributed by atoms with Crippen molar-refractivity contribution < 1.29 is 14.3 Å². The van der Waals surface area contributed by atoms with Gasteiger partial charge in [-0.3, -0.25) is 4.90 Å². The molecule has 2 aliphatic rings. The molecule has 0 bridgehead atoms. The third-order valence-electron chi connectivity index (χ3n) is 8.51. The molecule has 2 fully saturated rings. The number of methoxy groups -OCH3 is 2. The maximum absolute atomic E-state index is 13.8. The summed E-state index contributed by atoms with van der Waals surface area (Å²) in [6, 6.07) is 16.7. The van der Waals surface area contributed by atoms with Gasteiger partial charge in [0.15, 0.2) is 0 Å². The first-order valence-electron chi connectivity index (χ1n) is 13.8. The standard InChI is InChI=1S/C31H42N4O3/c1-21(2)34(22(3)4)12-13-35(30(36)33-26-16-28(37-5)18-29(17-26)38-6)27-10-11-31(19-25(31)15-27)24-9-7-8-23(14-24)20-32/h7-9,14,16-18,21-22,25,27H,10-13,15,19H2,1-6H3,(H,33,36)/t25?,27-,31+/m0/s1. The number of hydrogen-bond donors (Lipinski definition) is 1. The monoisotopic (exact) mass is 518 g/mol. The summed E-state index contributed by atoms with van der Waals surface area (Å²) >= 11 is 0. The molecule has 1 unspecified atom stereocenters. The van der Waals surface area contributed by atoms with Gasteiger partial charge in [-0.15, -0.1) is 0 Å². The van der Waals surface area contributed by atoms with Crippen molar-refractivity contribution in [1.29, 1.82) is 5.26 Å². The highest BCUT2D eigenvalue weighted by molar-refractivity contribution is 5.90. The summed E-state index contributed by atoms with van der Waals surface area (Å²) in [6.07, 6.45) is 4.09. The average Bonchev–Trinajstić information content (AvgIpc) is 3.65. The number of rotatable bonds is 10. The Labute approximate surface area is 227 Å². The molecule has 2 aliphatic carbocycles. The predicted molar refractivity (Wildman–Crippen MR) is 151 cm³/mol. The summed E-state index contributed by atoms with van der Waals surface area (Å²) in [7, 11) is 3.21. The summed E-state index contributed by atoms with van der Waals surface area (Å²) in [5.74, 6) is 1.81. The lowest BCUT2D eigenvalue weighted by molar-refractivity contribution is 0.120. The largest absolute Gasteiger partial charge is 0.497 e. The van der Waals surface area contributed by atoms with Crippen molar-refractivity contribution in [3.8, 4) is 17.6 Å². The number of hydrogen-bond acceptors (Lipinski definition) is 5. The quantitative estimate of drug-likeness (QED) is 0.415. The normalized spacial score (nSPS) is 22.1. The van der Waals surface area contributed by atoms with E-state index in [1.807, 2.05) is 24.3 Å². The van der Waals surface area contributed by atoms with E-state index >= 15 is 0 Å². The van der Waals surface area contributed by atoms with E-state index < -0.39 is 0 Å². The summed E-state index contributed by atoms with van der Waals surface area (Å²) in [5.41, 5.74) is 2.82. The number of nitrogens with one attached hydrogen (secondary N) is 1. The Morgan fingerprint density at radius 3 is 2.34 bits per heavy atom. The first kappa shape index (κ1) is 27.8. The second-order valence-electron chi connectivity index (χ2n) is 11.3. The molecule has 4 rings (SSSR count). The number of carbonyl (C=O) groups excluding carboxylic acids is 1. The van der Waals surface area contributed by atoms with Crippen molar-refractivity contribution in [3.05, 3.63) is 53.6 Å². The third kappa shape index (κ3) is 5.91. The first-order chi connectivity index (χ1) is 18.2. The average molecular weight is 519 g/mol. The van der Waals surface area contributed by atoms with Crippen LogP contribution in [0.25, 0.3) is 0 Å². The van der Waals surface area contributed by atoms with Crippen LogP contribution < -0.4 is 14.8 Å². The van der Waals surface area contributed by atoms with E-state index in [1.165, 1.54) is 5.56 Å². The number of nitrogens with zero attached hydrogens (tertiary/aromatic N) is 3. The van der Waals surface area contributed by atoms with E-state index in [9.17, 15) is 10.1 Å². The number of ether oxygens (including phenoxy) is 2. The van der Waals surface area contributed by atoms with Gasteiger partial charge >= 0.3 is 6.03 Å². The smallest absolute Gasteiger partial charge is 0.322 e. The number of nitriles is 1. The Bertz CT molecular complexity index is 1140. The SMILES string of the molecule is COc1cc(NC(=O)N(CCN(C(C)C)C(C)C)[C@H]2CC[C@]3(c4cccc(C#N)c4)CC3C2)cc(OC)c1. The van der Waals surface area contributed by atoms with Crippen LogP contribution in [-0.4, -0.2) is 61.3 Å². The van der Waals surface area contributed by atoms with Crippen LogP contribution in [-0.2, 0) is 5.41 Å². The fourth-order valence-electron chi connectivity index (χ4n) is 6.41. The fraction of sp³-hybridized carbons (Fsp3) is 0.548. The Kier molecular flexibility index (Phi) is 8.52. The summed E-state index contributed by atoms with van der Waals surface area (Å²) < 4.78 is 10.8. The number of fused-ring (bicyclic) bond motifs is 1. The second-order valence-corrected chi connectivity index (χ2v) is 11.3. The molecule has 7 heteroatoms. The Morgan fingerprint density at radius 1 is 1.08 bits per heavy atom. The van der Waals surface area contributed by atoms with E-state index in [0.717, 1.165) is 37.8 Å². The van der Waals surface area contributed by atoms with Gasteiger partial charge in [0.05, 0.1) is 25.9 Å². The molecule has 38 heavy (non-hydrogen) atoms. The van der Waals surface area contributed by atoms with E-state index in [4.69, 9.17) is 9.47 Å². The van der Waals surface area contributed by atoms with Crippen LogP contribution in [0.4, 0.5) is 10.5 Å². The van der Waals surface area contributed by atoms with E-state index in [0.29, 0.717) is 41.7 Å². The fourth-order valence-corrected chi connectivity index (χ4v) is 6.41. The number of urea groups is 1. The van der Waals surface area contributed by atoms with Crippen LogP contribution in [0.2, 0.25) is 0 Å². The molecule has 1 N–H and O–H groups in total. The van der Waals surface area contributed by atoms with E-state index in [1.54, 1.807) is 20.3 Å². The third-order valence-corrected chi connectivity index (χ3v) is 8.51. The minimum atomic E-state index is -0.0857. The van der Waals surface area contributed by atoms with E-state index in [-0.39, 0.29) is 17.5 Å². The molecule has 0 spiro atoms. The van der Waals surface area contributed by atoms with Gasteiger partial charge in [-0.25, -0.2) is 4.79 Å². The molecule has 0 saturated heterocycles. The van der Waals surface area contributed by atoms with Crippen LogP contribution >= 0.6 is 0 Å². The minimum absolute atomic E-state index is 0.0857. The Hall–Kier alpha value is -3.24. The highest BCUT2D eigenvalue weighted by Crippen LogP contribution is 2.62. The lowest BCUT2D eigenvalue weighted by Gasteiger charge is -2.39. The highest BCUT2D eigenvalue weighted by atomic mass is 16.5. The molecule has 2 saturated carbocycles. The van der Waals surface area contributed by atoms with Gasteiger partial charge in [-0.05, 0) is 82.4 Å². The zero-order valence-corrected chi connectivity index (χ0v) is 23.7. The second kappa shape index (κ2) is 11.7. The van der Waals surface area contributed by atoms with Crippen molar-refractivity contribution >= 4 is 11.7 Å². The lowest BCUT2D eigenvalue weighted by atomic mass is 9.80. The van der Waals surface area contributed by atoms with Gasteiger partial charge in [-0.2, -0.15) is 5.26 Å². The lowest BCUT2D eigenvalue weighted by Crippen LogP contribution is -2.50. The van der Waals surface area contributed by atoms with Crippen LogP contribution in [0.15, 0.2) is 42.5 Å². The van der Waals surface area contributed by atoms with Crippen molar-refractivity contribution in [2.45, 2.75) is 76.9 Å². The molecular weight excluding hydrogens is 476 g/mol. The van der Waals surface area contributed by atoms with Crippen LogP contribution in [0.3, 0.4) is 0 Å². The van der Waals surface area contributed by atoms with Crippen molar-refractivity contribution in [3.63, 3.8) is 0 Å². The number of benzene rings is 2. The van der Waals surface area contributed by atoms with Gasteiger partial charge in [0.25, 0.3) is 0 Å². The molecule has 7 nitrogen and oxygen atoms in total. The molecule has 2 amide bonds. The minimum Gasteiger partial charge on any atom is -0.497 e. The van der Waals surface area contributed by atoms with Gasteiger partial charge in [0.2, 0.25) is 0 Å². The topological polar surface area (TPSA) is 77.8 Å². The summed E-state index contributed by atoms with van der Waals surface area (Å²) in [6.45, 7) is 10.3. The summed E-state index contributed by atoms with van der Waals surface area (Å²) in [4.78, 5) is 18.3. The van der Waals surface area contributed by atoms with Gasteiger partial charge in [0, 0.05) is 55.1 Å². The summed E-state index contributed by atoms with van der Waals surface area (Å²) in [5, 5.41) is 12.5. The van der Waals surface area contributed by atoms with Crippen LogP contribution in [0.5, 0.6) is 11.5 Å². The Morgan fingerprint density at radius 2 is 1.76 bits per heavy atom. The number of anilines is 1. The maximum atomic E-state index is 13.8. The number of carbonyl (C=O) groups is 1. The van der Waals surface area contributed by atoms with E-state index in [2.05, 4.69) is 61.0 Å². The van der Waals surface area contributed by atoms with Crippen molar-refractivity contribution in [1.82, 2.24) is 9.80 Å². The molecule has 2 aromatic carbocycles. The maximum Gasteiger partial charge on any atom is 0.322 e. The van der Waals surface area contributed by atoms with Gasteiger partial charge < -0.3 is 19.7 Å². The molecule has 0 heterocycles. The molecular formula is C31H42N4O3. The first-order valence-corrected chi connectivity index (χ1v) is 13.8. The zero-order chi connectivity index (χ0) is 27.4. The highest BCUT2D eigenvalue weighted by Gasteiger charge is 2.58. The molecule has 0 aromatic heterocycles. The van der Waals surface area contributed by atoms with Crippen molar-refractivity contribution in [2.75, 3.05) is 32.6 Å². The molecule has 3 atom stereocenters. The van der Waals surface area contributed by atoms with Gasteiger partial charge in [0.1, 0.15) is 11.5 Å². The van der Waals surface area contributed by atoms with Crippen molar-refractivity contribution in [2.24, 2.45) is 5.92 Å². The molecule has 2 aromatic rings. The predicted octanol–water partition coefficient (Wildman–Crippen LogP) is 6.04.